The molecule has 0 heterocycles. The average Bonchev–Trinajstić information content (AvgIpc) is 2.67. The van der Waals surface area contributed by atoms with E-state index in [-0.39, 0.29) is 17.3 Å². The van der Waals surface area contributed by atoms with Crippen molar-refractivity contribution in [2.24, 2.45) is 0 Å². The summed E-state index contributed by atoms with van der Waals surface area (Å²) in [5.74, 6) is 0.236. The Morgan fingerprint density at radius 3 is 2.18 bits per heavy atom. The van der Waals surface area contributed by atoms with Crippen LogP contribution in [0, 0.1) is 0 Å². The Kier molecular flexibility index (Phi) is 7.07. The van der Waals surface area contributed by atoms with Gasteiger partial charge in [0.25, 0.3) is 10.0 Å². The first-order chi connectivity index (χ1) is 13.2. The number of nitrogens with one attached hydrogen (secondary N) is 1. The molecule has 2 aromatic rings. The lowest BCUT2D eigenvalue weighted by atomic mass is 10.0. The fourth-order valence-electron chi connectivity index (χ4n) is 2.55. The first-order valence-electron chi connectivity index (χ1n) is 9.31. The number of carbonyl (C=O) groups excluding carboxylic acids is 1. The Morgan fingerprint density at radius 2 is 1.64 bits per heavy atom. The largest absolute Gasteiger partial charge is 0.494 e. The number of anilines is 1. The highest BCUT2D eigenvalue weighted by molar-refractivity contribution is 7.92. The molecule has 0 spiro atoms. The quantitative estimate of drug-likeness (QED) is 0.693. The van der Waals surface area contributed by atoms with Crippen molar-refractivity contribution in [3.63, 3.8) is 0 Å². The highest BCUT2D eigenvalue weighted by Crippen LogP contribution is 2.25. The van der Waals surface area contributed by atoms with Gasteiger partial charge < -0.3 is 10.1 Å². The molecule has 1 amide bonds. The van der Waals surface area contributed by atoms with E-state index < -0.39 is 15.6 Å². The Bertz CT molecular complexity index is 878. The van der Waals surface area contributed by atoms with Crippen LogP contribution in [0.3, 0.4) is 0 Å². The lowest BCUT2D eigenvalue weighted by Crippen LogP contribution is -2.48. The summed E-state index contributed by atoms with van der Waals surface area (Å²) in [6, 6.07) is 14.8. The second-order valence-corrected chi connectivity index (χ2v) is 8.90. The Labute approximate surface area is 167 Å². The molecule has 0 aromatic heterocycles. The van der Waals surface area contributed by atoms with Crippen molar-refractivity contribution in [1.29, 1.82) is 0 Å². The van der Waals surface area contributed by atoms with E-state index in [0.29, 0.717) is 18.0 Å². The van der Waals surface area contributed by atoms with Crippen LogP contribution in [0.4, 0.5) is 5.69 Å². The van der Waals surface area contributed by atoms with Crippen LogP contribution >= 0.6 is 0 Å². The second kappa shape index (κ2) is 9.10. The van der Waals surface area contributed by atoms with E-state index in [9.17, 15) is 13.2 Å². The van der Waals surface area contributed by atoms with E-state index >= 15 is 0 Å². The predicted molar refractivity (Wildman–Crippen MR) is 111 cm³/mol. The van der Waals surface area contributed by atoms with E-state index in [4.69, 9.17) is 4.74 Å². The van der Waals surface area contributed by atoms with Crippen molar-refractivity contribution >= 4 is 21.6 Å². The number of ether oxygens (including phenoxy) is 1. The average molecular weight is 405 g/mol. The Morgan fingerprint density at radius 1 is 1.04 bits per heavy atom. The molecule has 0 aliphatic rings. The van der Waals surface area contributed by atoms with Crippen LogP contribution in [0.25, 0.3) is 0 Å². The minimum atomic E-state index is -3.93. The SMILES string of the molecule is CCOc1ccc(S(=O)(=O)N(CC(=O)NC(C)(C)CC)c2ccccc2)cc1. The molecule has 0 saturated carbocycles. The maximum absolute atomic E-state index is 13.3. The fraction of sp³-hybridized carbons (Fsp3) is 0.381. The number of benzene rings is 2. The number of nitrogens with zero attached hydrogens (tertiary/aromatic N) is 1. The van der Waals surface area contributed by atoms with E-state index in [1.165, 1.54) is 12.1 Å². The van der Waals surface area contributed by atoms with Gasteiger partial charge in [0, 0.05) is 5.54 Å². The number of hydrogen-bond acceptors (Lipinski definition) is 4. The molecular weight excluding hydrogens is 376 g/mol. The molecule has 6 nitrogen and oxygen atoms in total. The number of amides is 1. The molecular formula is C21H28N2O4S. The van der Waals surface area contributed by atoms with Crippen molar-refractivity contribution in [2.75, 3.05) is 17.5 Å². The van der Waals surface area contributed by atoms with Crippen molar-refractivity contribution in [3.05, 3.63) is 54.6 Å². The smallest absolute Gasteiger partial charge is 0.264 e. The molecule has 0 saturated heterocycles. The third-order valence-corrected chi connectivity index (χ3v) is 6.20. The molecule has 0 fully saturated rings. The van der Waals surface area contributed by atoms with Gasteiger partial charge >= 0.3 is 0 Å². The number of hydrogen-bond donors (Lipinski definition) is 1. The summed E-state index contributed by atoms with van der Waals surface area (Å²) in [4.78, 5) is 12.7. The van der Waals surface area contributed by atoms with Crippen LogP contribution in [-0.4, -0.2) is 33.0 Å². The summed E-state index contributed by atoms with van der Waals surface area (Å²) < 4.78 is 33.1. The molecule has 2 rings (SSSR count). The summed E-state index contributed by atoms with van der Waals surface area (Å²) in [7, 11) is -3.93. The molecule has 0 aliphatic heterocycles. The van der Waals surface area contributed by atoms with Crippen LogP contribution < -0.4 is 14.4 Å². The van der Waals surface area contributed by atoms with Crippen LogP contribution in [0.15, 0.2) is 59.5 Å². The summed E-state index contributed by atoms with van der Waals surface area (Å²) >= 11 is 0. The molecule has 2 aromatic carbocycles. The van der Waals surface area contributed by atoms with Gasteiger partial charge in [-0.3, -0.25) is 9.10 Å². The van der Waals surface area contributed by atoms with E-state index in [1.54, 1.807) is 42.5 Å². The van der Waals surface area contributed by atoms with Crippen molar-refractivity contribution in [1.82, 2.24) is 5.32 Å². The van der Waals surface area contributed by atoms with E-state index in [1.807, 2.05) is 27.7 Å². The minimum absolute atomic E-state index is 0.0994. The van der Waals surface area contributed by atoms with Gasteiger partial charge in [0.15, 0.2) is 0 Å². The van der Waals surface area contributed by atoms with E-state index in [0.717, 1.165) is 10.7 Å². The fourth-order valence-corrected chi connectivity index (χ4v) is 3.97. The molecule has 0 aliphatic carbocycles. The lowest BCUT2D eigenvalue weighted by Gasteiger charge is -2.28. The van der Waals surface area contributed by atoms with Crippen LogP contribution in [0.1, 0.15) is 34.1 Å². The number of sulfonamides is 1. The summed E-state index contributed by atoms with van der Waals surface area (Å²) in [5.41, 5.74) is 0.0170. The number of rotatable bonds is 9. The highest BCUT2D eigenvalue weighted by atomic mass is 32.2. The minimum Gasteiger partial charge on any atom is -0.494 e. The third kappa shape index (κ3) is 5.48. The molecule has 0 atom stereocenters. The maximum Gasteiger partial charge on any atom is 0.264 e. The highest BCUT2D eigenvalue weighted by Gasteiger charge is 2.28. The molecule has 1 N–H and O–H groups in total. The number of para-hydroxylation sites is 1. The maximum atomic E-state index is 13.3. The molecule has 0 unspecified atom stereocenters. The van der Waals surface area contributed by atoms with Gasteiger partial charge in [-0.2, -0.15) is 0 Å². The Hall–Kier alpha value is -2.54. The van der Waals surface area contributed by atoms with Crippen molar-refractivity contribution in [2.45, 2.75) is 44.6 Å². The lowest BCUT2D eigenvalue weighted by molar-refractivity contribution is -0.121. The van der Waals surface area contributed by atoms with Gasteiger partial charge in [0.2, 0.25) is 5.91 Å². The first-order valence-corrected chi connectivity index (χ1v) is 10.8. The summed E-state index contributed by atoms with van der Waals surface area (Å²) in [6.07, 6.45) is 0.732. The second-order valence-electron chi connectivity index (χ2n) is 7.04. The molecule has 0 bridgehead atoms. The summed E-state index contributed by atoms with van der Waals surface area (Å²) in [5, 5.41) is 2.89. The molecule has 28 heavy (non-hydrogen) atoms. The monoisotopic (exact) mass is 404 g/mol. The number of carbonyl (C=O) groups is 1. The molecule has 0 radical (unpaired) electrons. The normalized spacial score (nSPS) is 11.7. The molecule has 152 valence electrons. The van der Waals surface area contributed by atoms with Crippen LogP contribution in [0.2, 0.25) is 0 Å². The zero-order chi connectivity index (χ0) is 20.8. The van der Waals surface area contributed by atoms with Crippen LogP contribution in [-0.2, 0) is 14.8 Å². The standard InChI is InChI=1S/C21H28N2O4S/c1-5-21(3,4)22-20(24)16-23(17-10-8-7-9-11-17)28(25,26)19-14-12-18(13-15-19)27-6-2/h7-15H,5-6,16H2,1-4H3,(H,22,24). The van der Waals surface area contributed by atoms with Gasteiger partial charge in [0.05, 0.1) is 17.2 Å². The van der Waals surface area contributed by atoms with Crippen molar-refractivity contribution < 1.29 is 17.9 Å². The van der Waals surface area contributed by atoms with Gasteiger partial charge in [-0.05, 0) is 63.6 Å². The van der Waals surface area contributed by atoms with Gasteiger partial charge in [-0.1, -0.05) is 25.1 Å². The first kappa shape index (κ1) is 21.8. The third-order valence-electron chi connectivity index (χ3n) is 4.42. The van der Waals surface area contributed by atoms with Gasteiger partial charge in [0.1, 0.15) is 12.3 Å². The summed E-state index contributed by atoms with van der Waals surface area (Å²) in [6.45, 7) is 7.82. The predicted octanol–water partition coefficient (Wildman–Crippen LogP) is 3.59. The van der Waals surface area contributed by atoms with Crippen LogP contribution in [0.5, 0.6) is 5.75 Å². The van der Waals surface area contributed by atoms with Gasteiger partial charge in [-0.15, -0.1) is 0 Å². The van der Waals surface area contributed by atoms with Gasteiger partial charge in [-0.25, -0.2) is 8.42 Å². The molecule has 7 heteroatoms. The van der Waals surface area contributed by atoms with Crippen molar-refractivity contribution in [3.8, 4) is 5.75 Å². The zero-order valence-corrected chi connectivity index (χ0v) is 17.6. The Balaban J connectivity index is 2.36. The zero-order valence-electron chi connectivity index (χ0n) is 16.8. The van der Waals surface area contributed by atoms with E-state index in [2.05, 4.69) is 5.32 Å². The topological polar surface area (TPSA) is 75.7 Å².